The third kappa shape index (κ3) is 3.65. The maximum Gasteiger partial charge on any atom is 0.436 e. The third-order valence-electron chi connectivity index (χ3n) is 3.99. The van der Waals surface area contributed by atoms with Crippen molar-refractivity contribution in [3.05, 3.63) is 63.9 Å². The molecule has 0 radical (unpaired) electrons. The van der Waals surface area contributed by atoms with Crippen LogP contribution < -0.4 is 0 Å². The number of rotatable bonds is 6. The Morgan fingerprint density at radius 3 is 2.42 bits per heavy atom. The smallest absolute Gasteiger partial charge is 0.417 e. The largest absolute Gasteiger partial charge is 0.436 e. The Kier molecular flexibility index (Phi) is 5.56. The summed E-state index contributed by atoms with van der Waals surface area (Å²) >= 11 is 0. The van der Waals surface area contributed by atoms with E-state index in [1.807, 2.05) is 0 Å². The minimum Gasteiger partial charge on any atom is -0.417 e. The minimum atomic E-state index is -4.65. The van der Waals surface area contributed by atoms with Crippen LogP contribution in [0.15, 0.2) is 48.2 Å². The molecule has 26 heavy (non-hydrogen) atoms. The first kappa shape index (κ1) is 19.7. The summed E-state index contributed by atoms with van der Waals surface area (Å²) in [5.41, 5.74) is -2.88. The molecular formula is C16H16NO8P. The van der Waals surface area contributed by atoms with Gasteiger partial charge in [0.05, 0.1) is 6.42 Å². The molecule has 0 saturated carbocycles. The summed E-state index contributed by atoms with van der Waals surface area (Å²) in [4.78, 5) is 44.0. The van der Waals surface area contributed by atoms with Gasteiger partial charge in [-0.3, -0.25) is 14.9 Å². The molecule has 0 bridgehead atoms. The fraction of sp³-hybridized carbons (Fsp3) is 0.250. The minimum absolute atomic E-state index is 0.161. The molecule has 0 saturated heterocycles. The summed E-state index contributed by atoms with van der Waals surface area (Å²) in [6.07, 6.45) is 1.73. The van der Waals surface area contributed by atoms with Gasteiger partial charge >= 0.3 is 18.8 Å². The summed E-state index contributed by atoms with van der Waals surface area (Å²) in [5, 5.41) is 11.5. The lowest BCUT2D eigenvalue weighted by Crippen LogP contribution is -2.44. The summed E-state index contributed by atoms with van der Waals surface area (Å²) in [6, 6.07) is 8.26. The molecule has 9 nitrogen and oxygen atoms in total. The number of carbonyl (C=O) groups is 2. The quantitative estimate of drug-likeness (QED) is 0.452. The van der Waals surface area contributed by atoms with Crippen molar-refractivity contribution in [3.8, 4) is 0 Å². The van der Waals surface area contributed by atoms with Gasteiger partial charge in [0.15, 0.2) is 0 Å². The molecule has 2 unspecified atom stereocenters. The molecule has 1 aliphatic rings. The third-order valence-corrected chi connectivity index (χ3v) is 5.03. The van der Waals surface area contributed by atoms with Crippen LogP contribution in [0.3, 0.4) is 0 Å². The molecule has 1 aliphatic carbocycles. The highest BCUT2D eigenvalue weighted by molar-refractivity contribution is 7.70. The van der Waals surface area contributed by atoms with Crippen LogP contribution in [0.25, 0.3) is 5.57 Å². The van der Waals surface area contributed by atoms with E-state index in [4.69, 9.17) is 4.74 Å². The Labute approximate surface area is 148 Å². The molecule has 138 valence electrons. The van der Waals surface area contributed by atoms with E-state index < -0.39 is 29.6 Å². The van der Waals surface area contributed by atoms with E-state index >= 15 is 0 Å². The summed E-state index contributed by atoms with van der Waals surface area (Å²) in [5.74, 6) is -0.853. The molecule has 2 rings (SSSR count). The highest BCUT2D eigenvalue weighted by Gasteiger charge is 2.49. The Balaban J connectivity index is 2.55. The molecule has 1 aromatic carbocycles. The van der Waals surface area contributed by atoms with Crippen molar-refractivity contribution in [2.45, 2.75) is 18.9 Å². The first-order valence-electron chi connectivity index (χ1n) is 7.38. The molecule has 0 fully saturated rings. The van der Waals surface area contributed by atoms with Crippen LogP contribution in [0.2, 0.25) is 0 Å². The molecule has 0 aromatic heterocycles. The summed E-state index contributed by atoms with van der Waals surface area (Å²) < 4.78 is 20.8. The van der Waals surface area contributed by atoms with E-state index in [-0.39, 0.29) is 17.8 Å². The Morgan fingerprint density at radius 1 is 1.31 bits per heavy atom. The maximum atomic E-state index is 11.9. The van der Waals surface area contributed by atoms with Crippen LogP contribution in [0.5, 0.6) is 0 Å². The van der Waals surface area contributed by atoms with Gasteiger partial charge in [0.25, 0.3) is 0 Å². The van der Waals surface area contributed by atoms with Crippen LogP contribution in [-0.4, -0.2) is 34.0 Å². The van der Waals surface area contributed by atoms with Crippen molar-refractivity contribution in [1.29, 1.82) is 0 Å². The first-order chi connectivity index (χ1) is 12.1. The Bertz CT molecular complexity index is 844. The number of carbonyl (C=O) groups excluding carboxylic acids is 2. The number of nitro groups is 1. The monoisotopic (exact) mass is 381 g/mol. The molecule has 0 spiro atoms. The van der Waals surface area contributed by atoms with Crippen LogP contribution in [0.4, 0.5) is 4.79 Å². The molecule has 0 aliphatic heterocycles. The number of hydrogen-bond acceptors (Lipinski definition) is 7. The van der Waals surface area contributed by atoms with Gasteiger partial charge in [-0.2, -0.15) is 0 Å². The van der Waals surface area contributed by atoms with Gasteiger partial charge in [0.1, 0.15) is 5.76 Å². The number of benzene rings is 1. The molecule has 0 amide bonds. The van der Waals surface area contributed by atoms with Crippen molar-refractivity contribution in [1.82, 2.24) is 0 Å². The second-order valence-corrected chi connectivity index (χ2v) is 7.30. The average molecular weight is 381 g/mol. The molecule has 1 N–H and O–H groups in total. The Morgan fingerprint density at radius 2 is 1.92 bits per heavy atom. The summed E-state index contributed by atoms with van der Waals surface area (Å²) in [7, 11) is -3.78. The van der Waals surface area contributed by atoms with E-state index in [1.54, 1.807) is 30.3 Å². The van der Waals surface area contributed by atoms with Gasteiger partial charge in [0.2, 0.25) is 5.78 Å². The number of allylic oxidation sites excluding steroid dienone is 1. The van der Waals surface area contributed by atoms with Crippen LogP contribution in [0, 0.1) is 10.1 Å². The molecule has 10 heteroatoms. The topological polar surface area (TPSA) is 133 Å². The highest BCUT2D eigenvalue weighted by atomic mass is 31.2. The van der Waals surface area contributed by atoms with Gasteiger partial charge in [-0.05, 0) is 11.6 Å². The SMILES string of the molecule is COP(=O)(O)C(=O)OC1=C(c2ccccc2)CC(C(C)=O)([N+](=O)[O-])C=C1. The van der Waals surface area contributed by atoms with Crippen molar-refractivity contribution < 1.29 is 33.2 Å². The molecular weight excluding hydrogens is 365 g/mol. The first-order valence-corrected chi connectivity index (χ1v) is 8.96. The second-order valence-electron chi connectivity index (χ2n) is 5.53. The lowest BCUT2D eigenvalue weighted by Gasteiger charge is -2.26. The van der Waals surface area contributed by atoms with Crippen molar-refractivity contribution >= 4 is 24.7 Å². The van der Waals surface area contributed by atoms with E-state index in [2.05, 4.69) is 4.52 Å². The number of hydrogen-bond donors (Lipinski definition) is 1. The average Bonchev–Trinajstić information content (AvgIpc) is 2.62. The van der Waals surface area contributed by atoms with Crippen LogP contribution in [-0.2, 0) is 18.6 Å². The zero-order chi connectivity index (χ0) is 19.5. The van der Waals surface area contributed by atoms with Crippen molar-refractivity contribution in [3.63, 3.8) is 0 Å². The molecule has 1 aromatic rings. The summed E-state index contributed by atoms with van der Waals surface area (Å²) in [6.45, 7) is 1.10. The number of ether oxygens (including phenoxy) is 1. The number of Topliss-reactive ketones (excluding diaryl/α,β-unsaturated/α-hetero) is 1. The van der Waals surface area contributed by atoms with Gasteiger partial charge < -0.3 is 14.2 Å². The van der Waals surface area contributed by atoms with Crippen LogP contribution >= 0.6 is 7.60 Å². The van der Waals surface area contributed by atoms with Gasteiger partial charge in [-0.25, -0.2) is 9.36 Å². The predicted molar refractivity (Wildman–Crippen MR) is 90.8 cm³/mol. The lowest BCUT2D eigenvalue weighted by atomic mass is 9.81. The van der Waals surface area contributed by atoms with E-state index in [0.717, 1.165) is 26.2 Å². The maximum absolute atomic E-state index is 11.9. The number of ketones is 1. The van der Waals surface area contributed by atoms with Crippen molar-refractivity contribution in [2.75, 3.05) is 7.11 Å². The van der Waals surface area contributed by atoms with Gasteiger partial charge in [-0.1, -0.05) is 30.3 Å². The Hall–Kier alpha value is -2.61. The van der Waals surface area contributed by atoms with E-state index in [1.165, 1.54) is 0 Å². The van der Waals surface area contributed by atoms with Crippen LogP contribution in [0.1, 0.15) is 18.9 Å². The predicted octanol–water partition coefficient (Wildman–Crippen LogP) is 2.93. The standard InChI is InChI=1S/C16H16NO8P/c1-11(18)16(17(20)21)9-8-14(25-15(19)26(22,23)24-2)13(10-16)12-6-4-3-5-7-12/h3-9H,10H2,1-2H3,(H,22,23). The van der Waals surface area contributed by atoms with Crippen molar-refractivity contribution in [2.24, 2.45) is 0 Å². The highest BCUT2D eigenvalue weighted by Crippen LogP contribution is 2.45. The molecule has 0 heterocycles. The van der Waals surface area contributed by atoms with Gasteiger partial charge in [0, 0.05) is 30.6 Å². The zero-order valence-corrected chi connectivity index (χ0v) is 14.8. The fourth-order valence-corrected chi connectivity index (χ4v) is 2.79. The molecule has 2 atom stereocenters. The second kappa shape index (κ2) is 7.33. The lowest BCUT2D eigenvalue weighted by molar-refractivity contribution is -0.536. The van der Waals surface area contributed by atoms with E-state index in [9.17, 15) is 29.2 Å². The zero-order valence-electron chi connectivity index (χ0n) is 13.9. The van der Waals surface area contributed by atoms with Gasteiger partial charge in [-0.15, -0.1) is 0 Å². The number of nitrogens with zero attached hydrogens (tertiary/aromatic N) is 1. The van der Waals surface area contributed by atoms with E-state index in [0.29, 0.717) is 5.56 Å². The fourth-order valence-electron chi connectivity index (χ4n) is 2.43. The normalized spacial score (nSPS) is 21.8.